The number of rotatable bonds is 1. The lowest BCUT2D eigenvalue weighted by atomic mass is 10.1. The van der Waals surface area contributed by atoms with Crippen molar-refractivity contribution in [2.24, 2.45) is 21.1 Å². The summed E-state index contributed by atoms with van der Waals surface area (Å²) in [5, 5.41) is 20.2. The van der Waals surface area contributed by atoms with Crippen LogP contribution in [0.5, 0.6) is 5.75 Å². The van der Waals surface area contributed by atoms with Gasteiger partial charge in [-0.15, -0.1) is 10.2 Å². The fraction of sp³-hybridized carbons (Fsp3) is 0.188. The van der Waals surface area contributed by atoms with Crippen LogP contribution in [0.2, 0.25) is 0 Å². The van der Waals surface area contributed by atoms with E-state index in [1.165, 1.54) is 0 Å². The molecule has 1 heterocycles. The van der Waals surface area contributed by atoms with Crippen molar-refractivity contribution in [3.63, 3.8) is 0 Å². The molecule has 4 heteroatoms. The Morgan fingerprint density at radius 3 is 2.80 bits per heavy atom. The molecule has 3 rings (SSSR count). The van der Waals surface area contributed by atoms with Crippen molar-refractivity contribution in [2.45, 2.75) is 6.92 Å². The summed E-state index contributed by atoms with van der Waals surface area (Å²) in [5.41, 5.74) is 0.484. The lowest BCUT2D eigenvalue weighted by molar-refractivity contribution is 0.477. The number of phenols is 1. The summed E-state index contributed by atoms with van der Waals surface area (Å²) in [6.07, 6.45) is 3.92. The molecule has 0 spiro atoms. The average molecular weight is 265 g/mol. The highest BCUT2D eigenvalue weighted by Gasteiger charge is 2.07. The van der Waals surface area contributed by atoms with E-state index in [9.17, 15) is 5.11 Å². The van der Waals surface area contributed by atoms with Gasteiger partial charge < -0.3 is 5.11 Å². The van der Waals surface area contributed by atoms with E-state index in [1.807, 2.05) is 36.4 Å². The number of aliphatic imine (C=N–C) groups is 1. The lowest BCUT2D eigenvalue weighted by Gasteiger charge is -2.07. The van der Waals surface area contributed by atoms with Gasteiger partial charge in [0.05, 0.1) is 0 Å². The Morgan fingerprint density at radius 1 is 1.15 bits per heavy atom. The van der Waals surface area contributed by atoms with Crippen LogP contribution in [0.15, 0.2) is 63.8 Å². The van der Waals surface area contributed by atoms with Gasteiger partial charge in [0.2, 0.25) is 0 Å². The Labute approximate surface area is 117 Å². The predicted molar refractivity (Wildman–Crippen MR) is 80.7 cm³/mol. The van der Waals surface area contributed by atoms with Gasteiger partial charge in [-0.3, -0.25) is 4.99 Å². The zero-order valence-electron chi connectivity index (χ0n) is 11.2. The Balaban J connectivity index is 1.99. The van der Waals surface area contributed by atoms with Crippen LogP contribution in [0.3, 0.4) is 0 Å². The number of nitrogens with zero attached hydrogens (tertiary/aromatic N) is 3. The number of hydrogen-bond donors (Lipinski definition) is 1. The highest BCUT2D eigenvalue weighted by Crippen LogP contribution is 2.35. The zero-order chi connectivity index (χ0) is 13.9. The van der Waals surface area contributed by atoms with Gasteiger partial charge in [0.15, 0.2) is 5.84 Å². The van der Waals surface area contributed by atoms with Gasteiger partial charge >= 0.3 is 0 Å². The summed E-state index contributed by atoms with van der Waals surface area (Å²) in [4.78, 5) is 4.32. The standard InChI is InChI=1S/C16H15N3O/c1-11-6-9-15(17-10-11)18-19-16-13-5-3-2-4-12(13)7-8-14(16)20/h2-9,11,20H,10H2,1H3. The van der Waals surface area contributed by atoms with Gasteiger partial charge in [0.1, 0.15) is 11.4 Å². The molecular formula is C16H15N3O. The van der Waals surface area contributed by atoms with Crippen molar-refractivity contribution < 1.29 is 5.11 Å². The minimum atomic E-state index is 0.126. The molecular weight excluding hydrogens is 250 g/mol. The van der Waals surface area contributed by atoms with E-state index < -0.39 is 0 Å². The maximum atomic E-state index is 9.97. The molecule has 2 aromatic rings. The molecule has 0 fully saturated rings. The van der Waals surface area contributed by atoms with Gasteiger partial charge in [0, 0.05) is 11.9 Å². The summed E-state index contributed by atoms with van der Waals surface area (Å²) < 4.78 is 0. The third-order valence-corrected chi connectivity index (χ3v) is 3.25. The third-order valence-electron chi connectivity index (χ3n) is 3.25. The van der Waals surface area contributed by atoms with Crippen LogP contribution in [0, 0.1) is 5.92 Å². The van der Waals surface area contributed by atoms with Crippen LogP contribution in [-0.2, 0) is 0 Å². The van der Waals surface area contributed by atoms with Gasteiger partial charge in [-0.25, -0.2) is 0 Å². The highest BCUT2D eigenvalue weighted by molar-refractivity contribution is 5.97. The topological polar surface area (TPSA) is 57.3 Å². The second-order valence-corrected chi connectivity index (χ2v) is 4.89. The fourth-order valence-corrected chi connectivity index (χ4v) is 2.12. The van der Waals surface area contributed by atoms with Gasteiger partial charge in [0.25, 0.3) is 0 Å². The molecule has 1 N–H and O–H groups in total. The Morgan fingerprint density at radius 2 is 2.00 bits per heavy atom. The van der Waals surface area contributed by atoms with E-state index in [0.717, 1.165) is 17.3 Å². The third kappa shape index (κ3) is 2.45. The number of hydrogen-bond acceptors (Lipinski definition) is 4. The van der Waals surface area contributed by atoms with Crippen LogP contribution in [0.25, 0.3) is 10.8 Å². The summed E-state index contributed by atoms with van der Waals surface area (Å²) >= 11 is 0. The van der Waals surface area contributed by atoms with E-state index in [0.29, 0.717) is 17.4 Å². The van der Waals surface area contributed by atoms with Crippen molar-refractivity contribution in [1.82, 2.24) is 0 Å². The Kier molecular flexibility index (Phi) is 3.29. The molecule has 0 saturated heterocycles. The van der Waals surface area contributed by atoms with Crippen LogP contribution >= 0.6 is 0 Å². The van der Waals surface area contributed by atoms with Crippen molar-refractivity contribution in [3.8, 4) is 5.75 Å². The summed E-state index contributed by atoms with van der Waals surface area (Å²) in [7, 11) is 0. The highest BCUT2D eigenvalue weighted by atomic mass is 16.3. The molecule has 100 valence electrons. The Hall–Kier alpha value is -2.49. The fourth-order valence-electron chi connectivity index (χ4n) is 2.12. The number of amidine groups is 1. The minimum Gasteiger partial charge on any atom is -0.506 e. The molecule has 4 nitrogen and oxygen atoms in total. The second kappa shape index (κ2) is 5.25. The lowest BCUT2D eigenvalue weighted by Crippen LogP contribution is -2.04. The van der Waals surface area contributed by atoms with Crippen LogP contribution < -0.4 is 0 Å². The summed E-state index contributed by atoms with van der Waals surface area (Å²) in [6, 6.07) is 11.3. The first-order valence-electron chi connectivity index (χ1n) is 6.59. The first-order valence-corrected chi connectivity index (χ1v) is 6.59. The van der Waals surface area contributed by atoms with Crippen LogP contribution in [0.4, 0.5) is 5.69 Å². The van der Waals surface area contributed by atoms with Crippen molar-refractivity contribution in [3.05, 3.63) is 48.6 Å². The molecule has 1 aliphatic heterocycles. The number of azo groups is 1. The molecule has 1 unspecified atom stereocenters. The normalized spacial score (nSPS) is 18.6. The number of benzene rings is 2. The number of dihydropyridines is 1. The molecule has 20 heavy (non-hydrogen) atoms. The smallest absolute Gasteiger partial charge is 0.169 e. The SMILES string of the molecule is CC1C=CC(N=Nc2c(O)ccc3ccccc23)=NC1. The molecule has 1 atom stereocenters. The maximum Gasteiger partial charge on any atom is 0.169 e. The molecule has 2 aromatic carbocycles. The molecule has 0 radical (unpaired) electrons. The average Bonchev–Trinajstić information content (AvgIpc) is 2.48. The van der Waals surface area contributed by atoms with E-state index in [2.05, 4.69) is 28.2 Å². The van der Waals surface area contributed by atoms with Gasteiger partial charge in [-0.2, -0.15) is 0 Å². The second-order valence-electron chi connectivity index (χ2n) is 4.89. The number of aromatic hydroxyl groups is 1. The largest absolute Gasteiger partial charge is 0.506 e. The van der Waals surface area contributed by atoms with E-state index >= 15 is 0 Å². The Bertz CT molecular complexity index is 732. The molecule has 1 aliphatic rings. The number of phenolic OH excluding ortho intramolecular Hbond substituents is 1. The van der Waals surface area contributed by atoms with Gasteiger partial charge in [-0.1, -0.05) is 43.3 Å². The molecule has 0 saturated carbocycles. The first-order chi connectivity index (χ1) is 9.74. The van der Waals surface area contributed by atoms with Crippen LogP contribution in [-0.4, -0.2) is 17.5 Å². The van der Waals surface area contributed by atoms with Crippen molar-refractivity contribution >= 4 is 22.3 Å². The van der Waals surface area contributed by atoms with E-state index in [-0.39, 0.29) is 5.75 Å². The van der Waals surface area contributed by atoms with Crippen molar-refractivity contribution in [1.29, 1.82) is 0 Å². The summed E-state index contributed by atoms with van der Waals surface area (Å²) in [6.45, 7) is 2.83. The minimum absolute atomic E-state index is 0.126. The monoisotopic (exact) mass is 265 g/mol. The first kappa shape index (κ1) is 12.5. The number of fused-ring (bicyclic) bond motifs is 1. The van der Waals surface area contributed by atoms with Crippen LogP contribution in [0.1, 0.15) is 6.92 Å². The molecule has 0 aliphatic carbocycles. The quantitative estimate of drug-likeness (QED) is 0.770. The van der Waals surface area contributed by atoms with Gasteiger partial charge in [-0.05, 0) is 23.4 Å². The maximum absolute atomic E-state index is 9.97. The molecule has 0 amide bonds. The molecule has 0 aromatic heterocycles. The summed E-state index contributed by atoms with van der Waals surface area (Å²) in [5.74, 6) is 1.16. The van der Waals surface area contributed by atoms with E-state index in [1.54, 1.807) is 6.07 Å². The predicted octanol–water partition coefficient (Wildman–Crippen LogP) is 4.23. The van der Waals surface area contributed by atoms with Crippen molar-refractivity contribution in [2.75, 3.05) is 6.54 Å². The zero-order valence-corrected chi connectivity index (χ0v) is 11.2. The van der Waals surface area contributed by atoms with E-state index in [4.69, 9.17) is 0 Å². The molecule has 0 bridgehead atoms.